The van der Waals surface area contributed by atoms with E-state index in [2.05, 4.69) is 6.92 Å². The fourth-order valence-electron chi connectivity index (χ4n) is 7.16. The van der Waals surface area contributed by atoms with Crippen molar-refractivity contribution in [3.05, 3.63) is 172 Å². The van der Waals surface area contributed by atoms with Gasteiger partial charge in [-0.3, -0.25) is 0 Å². The summed E-state index contributed by atoms with van der Waals surface area (Å²) in [4.78, 5) is 68.1. The van der Waals surface area contributed by atoms with Gasteiger partial charge in [0.25, 0.3) is 0 Å². The number of esters is 4. The van der Waals surface area contributed by atoms with Gasteiger partial charge in [-0.1, -0.05) is 112 Å². The number of unbranched alkanes of at least 4 members (excludes halogenated alkanes) is 5. The molecule has 1 aromatic heterocycles. The molecule has 14 nitrogen and oxygen atoms in total. The summed E-state index contributed by atoms with van der Waals surface area (Å²) in [5.74, 6) is -4.11. The number of hydrogen-bond acceptors (Lipinski definition) is 14. The second kappa shape index (κ2) is 22.3. The van der Waals surface area contributed by atoms with Crippen molar-refractivity contribution in [2.75, 3.05) is 13.2 Å². The number of rotatable bonds is 19. The van der Waals surface area contributed by atoms with Crippen LogP contribution in [0.25, 0.3) is 11.0 Å². The van der Waals surface area contributed by atoms with Crippen LogP contribution in [0.1, 0.15) is 86.9 Å². The Bertz CT molecular complexity index is 2580. The molecule has 5 aromatic carbocycles. The Morgan fingerprint density at radius 1 is 0.585 bits per heavy atom. The average Bonchev–Trinajstić information content (AvgIpc) is 3.34. The molecule has 65 heavy (non-hydrogen) atoms. The van der Waals surface area contributed by atoms with Crippen molar-refractivity contribution in [2.45, 2.75) is 76.2 Å². The molecule has 2 heterocycles. The molecule has 0 radical (unpaired) electrons. The van der Waals surface area contributed by atoms with E-state index in [1.54, 1.807) is 84.9 Å². The number of ether oxygens (including phenoxy) is 7. The van der Waals surface area contributed by atoms with E-state index in [1.165, 1.54) is 54.6 Å². The summed E-state index contributed by atoms with van der Waals surface area (Å²) in [6.45, 7) is 1.78. The van der Waals surface area contributed by atoms with E-state index in [1.807, 2.05) is 0 Å². The van der Waals surface area contributed by atoms with Crippen LogP contribution in [0.4, 0.5) is 0 Å². The van der Waals surface area contributed by atoms with Gasteiger partial charge in [-0.2, -0.15) is 0 Å². The fourth-order valence-corrected chi connectivity index (χ4v) is 7.16. The van der Waals surface area contributed by atoms with Crippen molar-refractivity contribution >= 4 is 34.8 Å². The highest BCUT2D eigenvalue weighted by molar-refractivity contribution is 5.92. The number of aromatic hydroxyl groups is 1. The summed E-state index contributed by atoms with van der Waals surface area (Å²) in [7, 11) is 0. The monoisotopic (exact) mass is 884 g/mol. The molecule has 0 aliphatic carbocycles. The highest BCUT2D eigenvalue weighted by Gasteiger charge is 2.54. The van der Waals surface area contributed by atoms with Crippen LogP contribution in [-0.2, 0) is 23.7 Å². The lowest BCUT2D eigenvalue weighted by Gasteiger charge is -2.44. The minimum absolute atomic E-state index is 0.0144. The molecular formula is C51H48O14. The van der Waals surface area contributed by atoms with Crippen LogP contribution in [0.5, 0.6) is 17.2 Å². The molecule has 1 saturated heterocycles. The summed E-state index contributed by atoms with van der Waals surface area (Å²) >= 11 is 0. The van der Waals surface area contributed by atoms with Crippen LogP contribution in [0.2, 0.25) is 0 Å². The van der Waals surface area contributed by atoms with Gasteiger partial charge in [0.1, 0.15) is 24.0 Å². The maximum Gasteiger partial charge on any atom is 0.383 e. The molecule has 1 N–H and O–H groups in total. The summed E-state index contributed by atoms with van der Waals surface area (Å²) in [6.07, 6.45) is -2.04. The molecule has 14 heteroatoms. The van der Waals surface area contributed by atoms with Gasteiger partial charge in [0.15, 0.2) is 18.0 Å². The first-order valence-electron chi connectivity index (χ1n) is 21.4. The van der Waals surface area contributed by atoms with Gasteiger partial charge in [0.2, 0.25) is 18.1 Å². The second-order valence-corrected chi connectivity index (χ2v) is 15.2. The maximum absolute atomic E-state index is 14.0. The van der Waals surface area contributed by atoms with E-state index >= 15 is 0 Å². The lowest BCUT2D eigenvalue weighted by atomic mass is 9.97. The van der Waals surface area contributed by atoms with Crippen LogP contribution in [0, 0.1) is 0 Å². The molecule has 0 unspecified atom stereocenters. The van der Waals surface area contributed by atoms with Crippen molar-refractivity contribution in [3.63, 3.8) is 0 Å². The third kappa shape index (κ3) is 11.8. The number of carbonyl (C=O) groups is 4. The van der Waals surface area contributed by atoms with Crippen molar-refractivity contribution < 1.29 is 61.9 Å². The van der Waals surface area contributed by atoms with Gasteiger partial charge in [0, 0.05) is 6.07 Å². The predicted octanol–water partition coefficient (Wildman–Crippen LogP) is 8.88. The largest absolute Gasteiger partial charge is 0.504 e. The first-order chi connectivity index (χ1) is 31.7. The molecule has 6 aromatic rings. The molecule has 7 rings (SSSR count). The molecular weight excluding hydrogens is 837 g/mol. The zero-order valence-corrected chi connectivity index (χ0v) is 35.6. The SMILES string of the molecule is CCCCCCCCOc1c(O)c2ccc(O[C@H]3O[C@H](COC(=O)c4ccccc4)[C@@H](OC(=O)c4ccccc4)[C@H](OC(=O)c4ccccc4)[C@@H]3OC(=O)c3ccccc3)cc2oc1=O. The van der Waals surface area contributed by atoms with E-state index in [0.717, 1.165) is 32.1 Å². The molecule has 1 aliphatic heterocycles. The van der Waals surface area contributed by atoms with E-state index in [0.29, 0.717) is 6.42 Å². The Kier molecular flexibility index (Phi) is 15.6. The highest BCUT2D eigenvalue weighted by atomic mass is 16.7. The standard InChI is InChI=1S/C51H48O14/c1-2-3-4-5-6-19-30-58-43-41(52)38-29-28-37(31-39(38)61-50(43)57)60-51-45(65-49(56)36-26-17-10-18-27-36)44(64-48(55)35-24-15-9-16-25-35)42(63-47(54)34-22-13-8-14-23-34)40(62-51)32-59-46(53)33-20-11-7-12-21-33/h7-18,20-29,31,40,42,44-45,51-52H,2-6,19,30,32H2,1H3/t40-,42-,44+,45+,51+/m1/s1. The highest BCUT2D eigenvalue weighted by Crippen LogP contribution is 2.36. The summed E-state index contributed by atoms with van der Waals surface area (Å²) in [6, 6.07) is 36.3. The van der Waals surface area contributed by atoms with Gasteiger partial charge in [-0.25, -0.2) is 24.0 Å². The molecule has 1 fully saturated rings. The zero-order valence-electron chi connectivity index (χ0n) is 35.6. The lowest BCUT2D eigenvalue weighted by molar-refractivity contribution is -0.275. The van der Waals surface area contributed by atoms with Crippen molar-refractivity contribution in [1.29, 1.82) is 0 Å². The summed E-state index contributed by atoms with van der Waals surface area (Å²) in [5, 5.41) is 11.3. The molecule has 336 valence electrons. The molecule has 1 aliphatic rings. The molecule has 5 atom stereocenters. The first kappa shape index (κ1) is 45.6. The fraction of sp³-hybridized carbons (Fsp3) is 0.275. The quantitative estimate of drug-likeness (QED) is 0.0352. The summed E-state index contributed by atoms with van der Waals surface area (Å²) in [5.41, 5.74) is -0.419. The van der Waals surface area contributed by atoms with Crippen LogP contribution < -0.4 is 15.1 Å². The van der Waals surface area contributed by atoms with Crippen molar-refractivity contribution in [1.82, 2.24) is 0 Å². The van der Waals surface area contributed by atoms with Crippen molar-refractivity contribution in [3.8, 4) is 17.2 Å². The van der Waals surface area contributed by atoms with E-state index in [9.17, 15) is 29.1 Å². The third-order valence-electron chi connectivity index (χ3n) is 10.5. The smallest absolute Gasteiger partial charge is 0.383 e. The van der Waals surface area contributed by atoms with Gasteiger partial charge >= 0.3 is 29.5 Å². The van der Waals surface area contributed by atoms with Crippen LogP contribution in [0.15, 0.2) is 149 Å². The number of carbonyl (C=O) groups excluding carboxylic acids is 4. The Balaban J connectivity index is 1.25. The van der Waals surface area contributed by atoms with E-state index in [-0.39, 0.29) is 51.3 Å². The van der Waals surface area contributed by atoms with Crippen LogP contribution in [0.3, 0.4) is 0 Å². The Morgan fingerprint density at radius 2 is 1.08 bits per heavy atom. The molecule has 0 amide bonds. The Hall–Kier alpha value is -7.45. The average molecular weight is 885 g/mol. The molecule has 0 saturated carbocycles. The van der Waals surface area contributed by atoms with E-state index < -0.39 is 72.6 Å². The second-order valence-electron chi connectivity index (χ2n) is 15.2. The number of benzene rings is 5. The van der Waals surface area contributed by atoms with E-state index in [4.69, 9.17) is 37.6 Å². The van der Waals surface area contributed by atoms with Gasteiger partial charge < -0.3 is 42.7 Å². The number of hydrogen-bond donors (Lipinski definition) is 1. The normalized spacial score (nSPS) is 18.0. The summed E-state index contributed by atoms with van der Waals surface area (Å²) < 4.78 is 48.1. The first-order valence-corrected chi connectivity index (χ1v) is 21.4. The third-order valence-corrected chi connectivity index (χ3v) is 10.5. The van der Waals surface area contributed by atoms with Gasteiger partial charge in [0.05, 0.1) is 34.2 Å². The topological polar surface area (TPSA) is 183 Å². The Morgan fingerprint density at radius 3 is 1.63 bits per heavy atom. The Labute approximate surface area is 374 Å². The predicted molar refractivity (Wildman–Crippen MR) is 236 cm³/mol. The number of fused-ring (bicyclic) bond motifs is 1. The molecule has 0 spiro atoms. The van der Waals surface area contributed by atoms with Crippen LogP contribution in [-0.4, -0.2) is 72.9 Å². The van der Waals surface area contributed by atoms with Gasteiger partial charge in [-0.15, -0.1) is 0 Å². The maximum atomic E-state index is 14.0. The minimum Gasteiger partial charge on any atom is -0.504 e. The van der Waals surface area contributed by atoms with Crippen LogP contribution >= 0.6 is 0 Å². The van der Waals surface area contributed by atoms with Gasteiger partial charge in [-0.05, 0) is 67.1 Å². The minimum atomic E-state index is -1.68. The lowest BCUT2D eigenvalue weighted by Crippen LogP contribution is -2.63. The van der Waals surface area contributed by atoms with Crippen molar-refractivity contribution in [2.24, 2.45) is 0 Å². The molecule has 0 bridgehead atoms. The zero-order chi connectivity index (χ0) is 45.5.